The first kappa shape index (κ1) is 26.3. The summed E-state index contributed by atoms with van der Waals surface area (Å²) >= 11 is 21.5. The van der Waals surface area contributed by atoms with E-state index >= 15 is 0 Å². The minimum atomic E-state index is -2.79. The van der Waals surface area contributed by atoms with E-state index in [1.807, 2.05) is 39.6 Å². The third kappa shape index (κ3) is 7.08. The van der Waals surface area contributed by atoms with Gasteiger partial charge in [0.05, 0.1) is 21.5 Å². The van der Waals surface area contributed by atoms with Crippen molar-refractivity contribution in [1.29, 1.82) is 0 Å². The Bertz CT molecular complexity index is 977. The second-order valence-corrected chi connectivity index (χ2v) is 11.7. The number of piperidine rings is 1. The molecule has 0 spiro atoms. The summed E-state index contributed by atoms with van der Waals surface area (Å²) in [6, 6.07) is 10.3. The monoisotopic (exact) mass is 634 g/mol. The van der Waals surface area contributed by atoms with Gasteiger partial charge in [0.25, 0.3) is 5.92 Å². The molecule has 0 bridgehead atoms. The van der Waals surface area contributed by atoms with Crippen molar-refractivity contribution in [3.63, 3.8) is 0 Å². The highest BCUT2D eigenvalue weighted by Crippen LogP contribution is 2.40. The Morgan fingerprint density at radius 2 is 1.75 bits per heavy atom. The van der Waals surface area contributed by atoms with Crippen LogP contribution in [0, 0.1) is 0 Å². The zero-order valence-electron chi connectivity index (χ0n) is 17.2. The standard InChI is InChI=1S/C22H21Cl3F3IN2S/c1-2-21(26,27)13-32-19-12-18(16(24)11-17(19)25)30-20(14-3-5-15(23)6-4-14)31-9-7-22(28,29)8-10-31/h3-6,11-12H,2,7-10,13H2,1H3. The number of hydrogen-bond donors (Lipinski definition) is 0. The first-order valence-electron chi connectivity index (χ1n) is 9.97. The number of hydrogen-bond acceptors (Lipinski definition) is 2. The maximum Gasteiger partial charge on any atom is 0.257 e. The van der Waals surface area contributed by atoms with Gasteiger partial charge in [0, 0.05) is 47.8 Å². The van der Waals surface area contributed by atoms with Crippen molar-refractivity contribution in [3.8, 4) is 0 Å². The largest absolute Gasteiger partial charge is 0.356 e. The zero-order chi connectivity index (χ0) is 23.5. The topological polar surface area (TPSA) is 15.6 Å². The van der Waals surface area contributed by atoms with Crippen molar-refractivity contribution < 1.29 is 13.2 Å². The van der Waals surface area contributed by atoms with Crippen LogP contribution in [0.5, 0.6) is 0 Å². The number of amidine groups is 1. The van der Waals surface area contributed by atoms with Gasteiger partial charge in [-0.1, -0.05) is 41.7 Å². The van der Waals surface area contributed by atoms with Gasteiger partial charge in [-0.25, -0.2) is 18.2 Å². The lowest BCUT2D eigenvalue weighted by atomic mass is 10.1. The van der Waals surface area contributed by atoms with Crippen molar-refractivity contribution >= 4 is 80.7 Å². The number of aliphatic imine (C=N–C) groups is 1. The van der Waals surface area contributed by atoms with E-state index in [1.54, 1.807) is 18.2 Å². The van der Waals surface area contributed by atoms with Gasteiger partial charge in [-0.15, -0.1) is 11.8 Å². The Balaban J connectivity index is 1.99. The van der Waals surface area contributed by atoms with Gasteiger partial charge in [-0.3, -0.25) is 0 Å². The van der Waals surface area contributed by atoms with Gasteiger partial charge in [0.2, 0.25) is 0 Å². The highest BCUT2D eigenvalue weighted by Gasteiger charge is 2.33. The van der Waals surface area contributed by atoms with Crippen molar-refractivity contribution in [3.05, 3.63) is 57.0 Å². The number of alkyl halides is 4. The van der Waals surface area contributed by atoms with Crippen LogP contribution in [0.25, 0.3) is 0 Å². The Hall–Kier alpha value is -0.350. The molecular weight excluding hydrogens is 615 g/mol. The van der Waals surface area contributed by atoms with Gasteiger partial charge in [0.1, 0.15) is 5.84 Å². The normalized spacial score (nSPS) is 17.0. The second kappa shape index (κ2) is 10.9. The van der Waals surface area contributed by atoms with Crippen molar-refractivity contribution in [2.75, 3.05) is 18.8 Å². The van der Waals surface area contributed by atoms with E-state index < -0.39 is 15.4 Å². The molecule has 0 amide bonds. The average Bonchev–Trinajstić information content (AvgIpc) is 2.74. The van der Waals surface area contributed by atoms with Gasteiger partial charge < -0.3 is 4.90 Å². The Morgan fingerprint density at radius 3 is 2.34 bits per heavy atom. The molecule has 0 aliphatic carbocycles. The minimum absolute atomic E-state index is 0.251. The van der Waals surface area contributed by atoms with Crippen LogP contribution >= 0.6 is 69.2 Å². The van der Waals surface area contributed by atoms with Crippen LogP contribution in [0.15, 0.2) is 46.3 Å². The molecule has 0 atom stereocenters. The number of halogens is 7. The summed E-state index contributed by atoms with van der Waals surface area (Å²) < 4.78 is 40.6. The predicted octanol–water partition coefficient (Wildman–Crippen LogP) is 9.06. The number of likely N-dealkylation sites (tertiary alicyclic amines) is 1. The molecule has 10 heteroatoms. The summed E-state index contributed by atoms with van der Waals surface area (Å²) in [5, 5.41) is 1.18. The fourth-order valence-electron chi connectivity index (χ4n) is 3.08. The molecule has 0 aromatic heterocycles. The van der Waals surface area contributed by atoms with Crippen molar-refractivity contribution in [1.82, 2.24) is 4.90 Å². The molecule has 32 heavy (non-hydrogen) atoms. The summed E-state index contributed by atoms with van der Waals surface area (Å²) in [5.74, 6) is -2.57. The Morgan fingerprint density at radius 1 is 1.12 bits per heavy atom. The SMILES string of the molecule is CCC(F)(F)CSc1cc(N=C(c2ccc(Cl)cc2)N2CCC(F)(I)CC2)c(Cl)cc1Cl. The molecule has 1 aliphatic rings. The molecule has 2 aromatic rings. The lowest BCUT2D eigenvalue weighted by molar-refractivity contribution is 0.0235. The summed E-state index contributed by atoms with van der Waals surface area (Å²) in [6.45, 7) is 2.41. The van der Waals surface area contributed by atoms with Crippen LogP contribution in [-0.2, 0) is 0 Å². The molecule has 2 aromatic carbocycles. The van der Waals surface area contributed by atoms with E-state index in [1.165, 1.54) is 13.0 Å². The third-order valence-corrected chi connectivity index (χ3v) is 8.35. The average molecular weight is 636 g/mol. The second-order valence-electron chi connectivity index (χ2n) is 7.52. The molecular formula is C22H21Cl3F3IN2S. The number of nitrogens with zero attached hydrogens (tertiary/aromatic N) is 2. The fraction of sp³-hybridized carbons (Fsp3) is 0.409. The van der Waals surface area contributed by atoms with Gasteiger partial charge in [0.15, 0.2) is 3.68 Å². The smallest absolute Gasteiger partial charge is 0.257 e. The van der Waals surface area contributed by atoms with Gasteiger partial charge in [-0.2, -0.15) is 0 Å². The highest BCUT2D eigenvalue weighted by molar-refractivity contribution is 14.1. The Kier molecular flexibility index (Phi) is 8.97. The van der Waals surface area contributed by atoms with E-state index in [-0.39, 0.29) is 6.42 Å². The molecule has 1 saturated heterocycles. The van der Waals surface area contributed by atoms with E-state index in [0.717, 1.165) is 17.3 Å². The van der Waals surface area contributed by atoms with Crippen molar-refractivity contribution in [2.24, 2.45) is 4.99 Å². The van der Waals surface area contributed by atoms with E-state index in [0.29, 0.717) is 57.4 Å². The summed E-state index contributed by atoms with van der Waals surface area (Å²) in [6.07, 6.45) is 0.474. The molecule has 1 heterocycles. The highest BCUT2D eigenvalue weighted by atomic mass is 127. The third-order valence-electron chi connectivity index (χ3n) is 5.08. The molecule has 1 fully saturated rings. The quantitative estimate of drug-likeness (QED) is 0.104. The molecule has 1 aliphatic heterocycles. The molecule has 0 radical (unpaired) electrons. The van der Waals surface area contributed by atoms with Crippen LogP contribution in [0.1, 0.15) is 31.7 Å². The molecule has 0 N–H and O–H groups in total. The number of benzene rings is 2. The number of rotatable bonds is 6. The van der Waals surface area contributed by atoms with Crippen LogP contribution < -0.4 is 0 Å². The summed E-state index contributed by atoms with van der Waals surface area (Å²) in [4.78, 5) is 7.26. The predicted molar refractivity (Wildman–Crippen MR) is 139 cm³/mol. The molecule has 2 nitrogen and oxygen atoms in total. The molecule has 0 saturated carbocycles. The number of thioether (sulfide) groups is 1. The van der Waals surface area contributed by atoms with Crippen LogP contribution in [0.2, 0.25) is 15.1 Å². The van der Waals surface area contributed by atoms with Crippen LogP contribution in [0.3, 0.4) is 0 Å². The summed E-state index contributed by atoms with van der Waals surface area (Å²) in [7, 11) is 0. The molecule has 0 unspecified atom stereocenters. The van der Waals surface area contributed by atoms with Crippen molar-refractivity contribution in [2.45, 2.75) is 40.7 Å². The first-order valence-corrected chi connectivity index (χ1v) is 13.2. The fourth-order valence-corrected chi connectivity index (χ4v) is 5.24. The van der Waals surface area contributed by atoms with Crippen LogP contribution in [0.4, 0.5) is 18.9 Å². The minimum Gasteiger partial charge on any atom is -0.356 e. The summed E-state index contributed by atoms with van der Waals surface area (Å²) in [5.41, 5.74) is 1.21. The van der Waals surface area contributed by atoms with Gasteiger partial charge in [-0.05, 0) is 59.0 Å². The molecule has 3 rings (SSSR count). The first-order chi connectivity index (χ1) is 15.0. The zero-order valence-corrected chi connectivity index (χ0v) is 22.4. The van der Waals surface area contributed by atoms with Gasteiger partial charge >= 0.3 is 0 Å². The maximum absolute atomic E-state index is 14.4. The lowest BCUT2D eigenvalue weighted by Crippen LogP contribution is -2.42. The maximum atomic E-state index is 14.4. The van der Waals surface area contributed by atoms with E-state index in [2.05, 4.69) is 0 Å². The lowest BCUT2D eigenvalue weighted by Gasteiger charge is -2.35. The van der Waals surface area contributed by atoms with Crippen LogP contribution in [-0.4, -0.2) is 39.2 Å². The molecule has 174 valence electrons. The Labute approximate surface area is 219 Å². The van der Waals surface area contributed by atoms with E-state index in [9.17, 15) is 13.2 Å². The van der Waals surface area contributed by atoms with E-state index in [4.69, 9.17) is 39.8 Å².